The van der Waals surface area contributed by atoms with Crippen LogP contribution in [0.25, 0.3) is 16.9 Å². The largest absolute Gasteiger partial charge is 0.353 e. The number of carbonyl (C=O) groups excluding carboxylic acids is 1. The molecule has 0 saturated carbocycles. The number of anilines is 3. The van der Waals surface area contributed by atoms with Crippen LogP contribution >= 0.6 is 11.3 Å². The van der Waals surface area contributed by atoms with Crippen LogP contribution in [-0.4, -0.2) is 89.2 Å². The van der Waals surface area contributed by atoms with E-state index in [1.54, 1.807) is 31.1 Å². The van der Waals surface area contributed by atoms with Gasteiger partial charge in [0.25, 0.3) is 0 Å². The van der Waals surface area contributed by atoms with Gasteiger partial charge in [-0.3, -0.25) is 9.69 Å². The number of imidazole rings is 1. The Labute approximate surface area is 219 Å². The molecular formula is C26H31FN8OS. The van der Waals surface area contributed by atoms with Crippen molar-refractivity contribution >= 4 is 39.7 Å². The highest BCUT2D eigenvalue weighted by atomic mass is 32.1. The molecule has 4 aromatic rings. The van der Waals surface area contributed by atoms with E-state index in [4.69, 9.17) is 15.1 Å². The number of piperazine rings is 1. The Bertz CT molecular complexity index is 1390. The van der Waals surface area contributed by atoms with Crippen molar-refractivity contribution in [3.63, 3.8) is 0 Å². The first-order valence-corrected chi connectivity index (χ1v) is 13.2. The molecule has 1 aliphatic rings. The summed E-state index contributed by atoms with van der Waals surface area (Å²) in [5.41, 5.74) is 3.40. The summed E-state index contributed by atoms with van der Waals surface area (Å²) in [4.78, 5) is 29.8. The van der Waals surface area contributed by atoms with Gasteiger partial charge in [-0.2, -0.15) is 4.52 Å². The minimum Gasteiger partial charge on any atom is -0.353 e. The molecule has 1 saturated heterocycles. The van der Waals surface area contributed by atoms with Crippen LogP contribution in [0, 0.1) is 5.82 Å². The van der Waals surface area contributed by atoms with Crippen LogP contribution in [0.5, 0.6) is 0 Å². The van der Waals surface area contributed by atoms with Gasteiger partial charge >= 0.3 is 0 Å². The van der Waals surface area contributed by atoms with Gasteiger partial charge in [-0.1, -0.05) is 6.92 Å². The molecule has 3 aromatic heterocycles. The lowest BCUT2D eigenvalue weighted by atomic mass is 10.2. The number of halogens is 1. The number of fused-ring (bicyclic) bond motifs is 1. The van der Waals surface area contributed by atoms with E-state index in [9.17, 15) is 9.18 Å². The SMILES string of the molecule is CCc1nc2ccc(N3CCN(CC(=O)N(C)C)CC3)nn2c1N(C)c1nc(-c2ccc(F)cc2)cs1. The Morgan fingerprint density at radius 3 is 2.43 bits per heavy atom. The van der Waals surface area contributed by atoms with E-state index in [0.29, 0.717) is 6.54 Å². The van der Waals surface area contributed by atoms with E-state index >= 15 is 0 Å². The molecule has 0 radical (unpaired) electrons. The van der Waals surface area contributed by atoms with Crippen LogP contribution in [0.3, 0.4) is 0 Å². The van der Waals surface area contributed by atoms with Gasteiger partial charge < -0.3 is 14.7 Å². The highest BCUT2D eigenvalue weighted by Crippen LogP contribution is 2.33. The number of hydrogen-bond acceptors (Lipinski definition) is 8. The molecule has 0 spiro atoms. The number of thiazole rings is 1. The fourth-order valence-corrected chi connectivity index (χ4v) is 5.23. The quantitative estimate of drug-likeness (QED) is 0.368. The summed E-state index contributed by atoms with van der Waals surface area (Å²) in [6, 6.07) is 10.4. The number of aromatic nitrogens is 4. The molecule has 0 bridgehead atoms. The maximum Gasteiger partial charge on any atom is 0.236 e. The van der Waals surface area contributed by atoms with Crippen molar-refractivity contribution in [2.75, 3.05) is 63.7 Å². The molecule has 0 atom stereocenters. The van der Waals surface area contributed by atoms with Crippen LogP contribution in [0.1, 0.15) is 12.6 Å². The number of amides is 1. The molecule has 4 heterocycles. The lowest BCUT2D eigenvalue weighted by Gasteiger charge is -2.35. The molecular weight excluding hydrogens is 491 g/mol. The van der Waals surface area contributed by atoms with Crippen molar-refractivity contribution in [2.45, 2.75) is 13.3 Å². The van der Waals surface area contributed by atoms with Gasteiger partial charge in [0.15, 0.2) is 16.6 Å². The Hall–Kier alpha value is -3.57. The molecule has 11 heteroatoms. The van der Waals surface area contributed by atoms with Gasteiger partial charge in [-0.15, -0.1) is 16.4 Å². The number of aryl methyl sites for hydroxylation is 1. The number of nitrogens with zero attached hydrogens (tertiary/aromatic N) is 8. The molecule has 9 nitrogen and oxygen atoms in total. The average Bonchev–Trinajstić information content (AvgIpc) is 3.54. The highest BCUT2D eigenvalue weighted by molar-refractivity contribution is 7.14. The van der Waals surface area contributed by atoms with Crippen molar-refractivity contribution in [2.24, 2.45) is 0 Å². The summed E-state index contributed by atoms with van der Waals surface area (Å²) in [5, 5.41) is 7.77. The first-order valence-electron chi connectivity index (χ1n) is 12.4. The van der Waals surface area contributed by atoms with Crippen LogP contribution in [0.15, 0.2) is 41.8 Å². The van der Waals surface area contributed by atoms with Crippen molar-refractivity contribution in [1.29, 1.82) is 0 Å². The first kappa shape index (κ1) is 25.1. The van der Waals surface area contributed by atoms with Gasteiger partial charge in [0, 0.05) is 58.3 Å². The molecule has 0 aliphatic carbocycles. The zero-order valence-corrected chi connectivity index (χ0v) is 22.4. The molecule has 37 heavy (non-hydrogen) atoms. The molecule has 1 fully saturated rings. The van der Waals surface area contributed by atoms with Crippen LogP contribution in [-0.2, 0) is 11.2 Å². The maximum atomic E-state index is 13.4. The van der Waals surface area contributed by atoms with Gasteiger partial charge in [0.2, 0.25) is 5.91 Å². The third-order valence-electron chi connectivity index (χ3n) is 6.63. The van der Waals surface area contributed by atoms with Crippen molar-refractivity contribution in [3.05, 3.63) is 53.3 Å². The molecule has 1 amide bonds. The summed E-state index contributed by atoms with van der Waals surface area (Å²) in [5.74, 6) is 1.62. The molecule has 1 aromatic carbocycles. The second-order valence-electron chi connectivity index (χ2n) is 9.33. The normalized spacial score (nSPS) is 14.4. The summed E-state index contributed by atoms with van der Waals surface area (Å²) >= 11 is 1.53. The second kappa shape index (κ2) is 10.4. The number of carbonyl (C=O) groups is 1. The predicted octanol–water partition coefficient (Wildman–Crippen LogP) is 3.53. The summed E-state index contributed by atoms with van der Waals surface area (Å²) in [6.07, 6.45) is 0.757. The predicted molar refractivity (Wildman–Crippen MR) is 145 cm³/mol. The fraction of sp³-hybridized carbons (Fsp3) is 0.385. The Kier molecular flexibility index (Phi) is 7.07. The Balaban J connectivity index is 1.39. The lowest BCUT2D eigenvalue weighted by Crippen LogP contribution is -2.49. The van der Waals surface area contributed by atoms with Crippen molar-refractivity contribution in [1.82, 2.24) is 29.4 Å². The van der Waals surface area contributed by atoms with Gasteiger partial charge in [0.1, 0.15) is 11.6 Å². The second-order valence-corrected chi connectivity index (χ2v) is 10.2. The third-order valence-corrected chi connectivity index (χ3v) is 7.55. The van der Waals surface area contributed by atoms with Crippen molar-refractivity contribution in [3.8, 4) is 11.3 Å². The van der Waals surface area contributed by atoms with E-state index in [-0.39, 0.29) is 11.7 Å². The Morgan fingerprint density at radius 2 is 1.76 bits per heavy atom. The van der Waals surface area contributed by atoms with Crippen LogP contribution < -0.4 is 9.80 Å². The summed E-state index contributed by atoms with van der Waals surface area (Å²) in [7, 11) is 5.55. The van der Waals surface area contributed by atoms with Crippen molar-refractivity contribution < 1.29 is 9.18 Å². The number of hydrogen-bond donors (Lipinski definition) is 0. The zero-order chi connectivity index (χ0) is 26.1. The third kappa shape index (κ3) is 5.14. The van der Waals surface area contributed by atoms with Gasteiger partial charge in [0.05, 0.1) is 17.9 Å². The highest BCUT2D eigenvalue weighted by Gasteiger charge is 2.23. The number of likely N-dealkylation sites (N-methyl/N-ethyl adjacent to an activating group) is 1. The van der Waals surface area contributed by atoms with Gasteiger partial charge in [-0.05, 0) is 42.8 Å². The maximum absolute atomic E-state index is 13.4. The summed E-state index contributed by atoms with van der Waals surface area (Å²) < 4.78 is 15.3. The smallest absolute Gasteiger partial charge is 0.236 e. The van der Waals surface area contributed by atoms with Crippen LogP contribution in [0.4, 0.5) is 21.2 Å². The molecule has 5 rings (SSSR count). The zero-order valence-electron chi connectivity index (χ0n) is 21.6. The average molecular weight is 523 g/mol. The van der Waals surface area contributed by atoms with Gasteiger partial charge in [-0.25, -0.2) is 14.4 Å². The standard InChI is InChI=1S/C26H31FN8OS/c1-5-20-25(32(4)26-29-21(17-37-26)18-6-8-19(27)9-7-18)35-22(28-20)10-11-23(30-35)34-14-12-33(13-15-34)16-24(36)31(2)3/h6-11,17H,5,12-16H2,1-4H3. The minimum atomic E-state index is -0.264. The first-order chi connectivity index (χ1) is 17.8. The fourth-order valence-electron chi connectivity index (χ4n) is 4.43. The van der Waals surface area contributed by atoms with E-state index in [2.05, 4.69) is 16.7 Å². The lowest BCUT2D eigenvalue weighted by molar-refractivity contribution is -0.129. The molecule has 1 aliphatic heterocycles. The van der Waals surface area contributed by atoms with E-state index in [1.165, 1.54) is 23.5 Å². The monoisotopic (exact) mass is 522 g/mol. The summed E-state index contributed by atoms with van der Waals surface area (Å²) in [6.45, 7) is 5.74. The van der Waals surface area contributed by atoms with Crippen LogP contribution in [0.2, 0.25) is 0 Å². The minimum absolute atomic E-state index is 0.121. The van der Waals surface area contributed by atoms with E-state index in [0.717, 1.165) is 72.0 Å². The number of benzene rings is 1. The van der Waals surface area contributed by atoms with E-state index < -0.39 is 0 Å². The molecule has 0 unspecified atom stereocenters. The Morgan fingerprint density at radius 1 is 1.03 bits per heavy atom. The van der Waals surface area contributed by atoms with E-state index in [1.807, 2.05) is 34.0 Å². The topological polar surface area (TPSA) is 73.1 Å². The molecule has 194 valence electrons. The molecule has 0 N–H and O–H groups in total. The number of rotatable bonds is 7.